The predicted octanol–water partition coefficient (Wildman–Crippen LogP) is 4.55. The van der Waals surface area contributed by atoms with Crippen LogP contribution in [0.1, 0.15) is 41.0 Å². The highest BCUT2D eigenvalue weighted by atomic mass is 32.7. The van der Waals surface area contributed by atoms with Gasteiger partial charge < -0.3 is 4.62 Å². The summed E-state index contributed by atoms with van der Waals surface area (Å²) in [7, 11) is 0. The van der Waals surface area contributed by atoms with Gasteiger partial charge in [0.25, 0.3) is 0 Å². The van der Waals surface area contributed by atoms with E-state index in [-0.39, 0.29) is 4.75 Å². The fourth-order valence-corrected chi connectivity index (χ4v) is 5.20. The van der Waals surface area contributed by atoms with Crippen molar-refractivity contribution in [3.8, 4) is 0 Å². The summed E-state index contributed by atoms with van der Waals surface area (Å²) in [5.41, 5.74) is 0.979. The molecule has 0 radical (unpaired) electrons. The lowest BCUT2D eigenvalue weighted by molar-refractivity contribution is 0.236. The molecule has 0 saturated carbocycles. The van der Waals surface area contributed by atoms with Gasteiger partial charge in [-0.25, -0.2) is 9.56 Å². The van der Waals surface area contributed by atoms with Crippen LogP contribution in [-0.4, -0.2) is 28.0 Å². The topological polar surface area (TPSA) is 60.2 Å². The molecule has 1 aliphatic heterocycles. The zero-order chi connectivity index (χ0) is 14.5. The Bertz CT molecular complexity index is 424. The molecule has 0 spiro atoms. The molecule has 1 unspecified atom stereocenters. The van der Waals surface area contributed by atoms with Crippen molar-refractivity contribution in [3.05, 3.63) is 0 Å². The first-order chi connectivity index (χ1) is 8.83. The van der Waals surface area contributed by atoms with E-state index >= 15 is 0 Å². The summed E-state index contributed by atoms with van der Waals surface area (Å²) in [5.74, 6) is 0.711. The fraction of sp³-hybridized carbons (Fsp3) is 0.818. The number of aliphatic imine (C=N–C) groups is 1. The molecule has 19 heavy (non-hydrogen) atoms. The van der Waals surface area contributed by atoms with Crippen LogP contribution < -0.4 is 0 Å². The van der Waals surface area contributed by atoms with E-state index in [9.17, 15) is 4.57 Å². The summed E-state index contributed by atoms with van der Waals surface area (Å²) in [6, 6.07) is 0. The van der Waals surface area contributed by atoms with Crippen molar-refractivity contribution in [2.45, 2.75) is 45.8 Å². The van der Waals surface area contributed by atoms with Crippen LogP contribution in [-0.2, 0) is 13.7 Å². The van der Waals surface area contributed by atoms with Crippen molar-refractivity contribution in [1.82, 2.24) is 0 Å². The van der Waals surface area contributed by atoms with Crippen molar-refractivity contribution in [3.63, 3.8) is 0 Å². The second kappa shape index (κ2) is 7.16. The Balaban J connectivity index is 2.70. The molecular weight excluding hydrogens is 303 g/mol. The standard InChI is InChI=1S/C11H21N2O3PS2/c1-6-8-18-17(14,15-7-2)16-13-10-12-9(3)11(4,5)19-10/h6-8H2,1-5H3/b13-10+. The van der Waals surface area contributed by atoms with Crippen LogP contribution in [0.5, 0.6) is 0 Å². The number of nitrogens with zero attached hydrogens (tertiary/aromatic N) is 2. The van der Waals surface area contributed by atoms with Crippen LogP contribution in [0.3, 0.4) is 0 Å². The van der Waals surface area contributed by atoms with Gasteiger partial charge in [0.1, 0.15) is 0 Å². The molecule has 1 rings (SSSR count). The van der Waals surface area contributed by atoms with Gasteiger partial charge in [0, 0.05) is 11.5 Å². The molecule has 110 valence electrons. The number of amidine groups is 1. The fourth-order valence-electron chi connectivity index (χ4n) is 1.17. The molecule has 0 aromatic rings. The maximum Gasteiger partial charge on any atom is 0.460 e. The SMILES string of the molecule is CCCSP(=O)(OCC)O/N=C1\N=C(C)C(C)(C)S1. The Morgan fingerprint density at radius 2 is 2.16 bits per heavy atom. The summed E-state index contributed by atoms with van der Waals surface area (Å²) in [5, 5.41) is 4.40. The van der Waals surface area contributed by atoms with Gasteiger partial charge in [-0.15, -0.1) is 0 Å². The van der Waals surface area contributed by atoms with Gasteiger partial charge in [0.2, 0.25) is 5.17 Å². The minimum Gasteiger partial charge on any atom is -0.303 e. The molecule has 0 aliphatic carbocycles. The average molecular weight is 324 g/mol. The van der Waals surface area contributed by atoms with Crippen LogP contribution in [0.2, 0.25) is 0 Å². The van der Waals surface area contributed by atoms with Crippen molar-refractivity contribution >= 4 is 40.8 Å². The van der Waals surface area contributed by atoms with Crippen molar-refractivity contribution in [1.29, 1.82) is 0 Å². The van der Waals surface area contributed by atoms with Gasteiger partial charge in [0.05, 0.1) is 11.4 Å². The molecule has 1 aliphatic rings. The molecule has 0 saturated heterocycles. The number of thioether (sulfide) groups is 1. The molecule has 5 nitrogen and oxygen atoms in total. The Morgan fingerprint density at radius 1 is 1.47 bits per heavy atom. The summed E-state index contributed by atoms with van der Waals surface area (Å²) in [6.45, 7) is 7.00. The molecule has 0 aromatic carbocycles. The molecule has 8 heteroatoms. The maximum absolute atomic E-state index is 12.3. The van der Waals surface area contributed by atoms with E-state index in [1.807, 2.05) is 13.8 Å². The third-order valence-corrected chi connectivity index (χ3v) is 7.37. The predicted molar refractivity (Wildman–Crippen MR) is 85.3 cm³/mol. The highest BCUT2D eigenvalue weighted by molar-refractivity contribution is 8.55. The zero-order valence-electron chi connectivity index (χ0n) is 12.0. The molecule has 0 N–H and O–H groups in total. The maximum atomic E-state index is 12.3. The van der Waals surface area contributed by atoms with E-state index in [4.69, 9.17) is 9.15 Å². The lowest BCUT2D eigenvalue weighted by Crippen LogP contribution is -2.20. The van der Waals surface area contributed by atoms with E-state index in [0.717, 1.165) is 12.1 Å². The number of hydrogen-bond acceptors (Lipinski definition) is 6. The Labute approximate surface area is 123 Å². The minimum absolute atomic E-state index is 0.0889. The van der Waals surface area contributed by atoms with Crippen molar-refractivity contribution in [2.24, 2.45) is 10.1 Å². The third kappa shape index (κ3) is 5.14. The Hall–Kier alpha value is 0.0300. The van der Waals surface area contributed by atoms with Gasteiger partial charge in [0.15, 0.2) is 0 Å². The first kappa shape index (κ1) is 17.1. The summed E-state index contributed by atoms with van der Waals surface area (Å²) >= 11 is 2.67. The molecule has 0 amide bonds. The second-order valence-corrected chi connectivity index (χ2v) is 10.2. The average Bonchev–Trinajstić information content (AvgIpc) is 2.59. The summed E-state index contributed by atoms with van der Waals surface area (Å²) < 4.78 is 22.6. The Morgan fingerprint density at radius 3 is 2.63 bits per heavy atom. The first-order valence-electron chi connectivity index (χ1n) is 6.23. The third-order valence-electron chi connectivity index (χ3n) is 2.44. The van der Waals surface area contributed by atoms with E-state index in [1.54, 1.807) is 6.92 Å². The van der Waals surface area contributed by atoms with E-state index in [1.165, 1.54) is 23.1 Å². The van der Waals surface area contributed by atoms with Gasteiger partial charge in [-0.05, 0) is 50.7 Å². The van der Waals surface area contributed by atoms with Crippen LogP contribution in [0.25, 0.3) is 0 Å². The summed E-state index contributed by atoms with van der Waals surface area (Å²) in [4.78, 5) is 4.30. The molecule has 0 fully saturated rings. The van der Waals surface area contributed by atoms with Gasteiger partial charge >= 0.3 is 6.80 Å². The van der Waals surface area contributed by atoms with E-state index < -0.39 is 6.80 Å². The summed E-state index contributed by atoms with van der Waals surface area (Å²) in [6.07, 6.45) is 0.903. The van der Waals surface area contributed by atoms with Gasteiger partial charge in [-0.2, -0.15) is 0 Å². The molecule has 1 atom stereocenters. The lowest BCUT2D eigenvalue weighted by Gasteiger charge is -2.15. The van der Waals surface area contributed by atoms with E-state index in [2.05, 4.69) is 24.0 Å². The minimum atomic E-state index is -3.20. The highest BCUT2D eigenvalue weighted by Crippen LogP contribution is 2.61. The van der Waals surface area contributed by atoms with Crippen LogP contribution in [0.4, 0.5) is 0 Å². The van der Waals surface area contributed by atoms with Crippen LogP contribution in [0, 0.1) is 0 Å². The Kier molecular flexibility index (Phi) is 6.43. The van der Waals surface area contributed by atoms with Crippen molar-refractivity contribution < 1.29 is 13.7 Å². The molecule has 0 bridgehead atoms. The zero-order valence-corrected chi connectivity index (χ0v) is 14.5. The lowest BCUT2D eigenvalue weighted by atomic mass is 10.1. The largest absolute Gasteiger partial charge is 0.460 e. The second-order valence-electron chi connectivity index (χ2n) is 4.46. The van der Waals surface area contributed by atoms with Crippen LogP contribution >= 0.6 is 29.9 Å². The molecule has 1 heterocycles. The van der Waals surface area contributed by atoms with Gasteiger partial charge in [-0.3, -0.25) is 4.52 Å². The van der Waals surface area contributed by atoms with Crippen molar-refractivity contribution in [2.75, 3.05) is 12.4 Å². The monoisotopic (exact) mass is 324 g/mol. The number of hydrogen-bond donors (Lipinski definition) is 0. The highest BCUT2D eigenvalue weighted by Gasteiger charge is 2.33. The van der Waals surface area contributed by atoms with Gasteiger partial charge in [-0.1, -0.05) is 18.7 Å². The van der Waals surface area contributed by atoms with E-state index in [0.29, 0.717) is 17.5 Å². The quantitative estimate of drug-likeness (QED) is 0.508. The molecule has 0 aromatic heterocycles. The van der Waals surface area contributed by atoms with Crippen LogP contribution in [0.15, 0.2) is 10.1 Å². The molecular formula is C11H21N2O3PS2. The number of rotatable bonds is 7. The number of oxime groups is 1. The normalized spacial score (nSPS) is 23.2. The smallest absolute Gasteiger partial charge is 0.303 e. The first-order valence-corrected chi connectivity index (χ1v) is 10.2.